The number of amides is 1. The van der Waals surface area contributed by atoms with Crippen molar-refractivity contribution in [1.82, 2.24) is 10.6 Å². The van der Waals surface area contributed by atoms with Gasteiger partial charge in [0, 0.05) is 6.54 Å². The Hall–Kier alpha value is -1.75. The number of rotatable bonds is 7. The summed E-state index contributed by atoms with van der Waals surface area (Å²) in [5.74, 6) is 1.39. The number of methoxy groups -OCH3 is 2. The van der Waals surface area contributed by atoms with E-state index >= 15 is 0 Å². The van der Waals surface area contributed by atoms with Crippen molar-refractivity contribution in [3.8, 4) is 11.5 Å². The summed E-state index contributed by atoms with van der Waals surface area (Å²) in [6.07, 6.45) is 0. The van der Waals surface area contributed by atoms with Crippen LogP contribution in [-0.4, -0.2) is 40.3 Å². The molecule has 2 N–H and O–H groups in total. The van der Waals surface area contributed by atoms with Crippen molar-refractivity contribution in [2.24, 2.45) is 5.92 Å². The Morgan fingerprint density at radius 2 is 2.00 bits per heavy atom. The number of nitrogens with one attached hydrogen (secondary N) is 2. The van der Waals surface area contributed by atoms with Crippen LogP contribution in [0.25, 0.3) is 0 Å². The second-order valence-electron chi connectivity index (χ2n) is 4.44. The molecule has 0 aliphatic rings. The second-order valence-corrected chi connectivity index (χ2v) is 4.44. The summed E-state index contributed by atoms with van der Waals surface area (Å²) in [6, 6.07) is 5.17. The van der Waals surface area contributed by atoms with Crippen LogP contribution in [0.5, 0.6) is 11.5 Å². The van der Waals surface area contributed by atoms with Gasteiger partial charge < -0.3 is 20.1 Å². The van der Waals surface area contributed by atoms with Gasteiger partial charge in [-0.3, -0.25) is 4.79 Å². The molecule has 0 bridgehead atoms. The molecule has 0 fully saturated rings. The van der Waals surface area contributed by atoms with Gasteiger partial charge in [-0.05, 0) is 37.7 Å². The summed E-state index contributed by atoms with van der Waals surface area (Å²) in [6.45, 7) is 3.54. The summed E-state index contributed by atoms with van der Waals surface area (Å²) < 4.78 is 10.3. The highest BCUT2D eigenvalue weighted by Crippen LogP contribution is 2.23. The molecule has 1 amide bonds. The molecule has 1 aromatic carbocycles. The first-order valence-corrected chi connectivity index (χ1v) is 6.27. The van der Waals surface area contributed by atoms with Crippen molar-refractivity contribution >= 4 is 5.91 Å². The third kappa shape index (κ3) is 4.44. The molecule has 0 aromatic heterocycles. The fourth-order valence-electron chi connectivity index (χ4n) is 1.77. The Bertz CT molecular complexity index is 421. The Morgan fingerprint density at radius 1 is 1.26 bits per heavy atom. The minimum absolute atomic E-state index is 0.154. The van der Waals surface area contributed by atoms with Gasteiger partial charge in [-0.1, -0.05) is 6.92 Å². The topological polar surface area (TPSA) is 59.6 Å². The molecule has 5 nitrogen and oxygen atoms in total. The minimum atomic E-state index is -0.154. The van der Waals surface area contributed by atoms with Crippen LogP contribution in [0.1, 0.15) is 17.3 Å². The first-order valence-electron chi connectivity index (χ1n) is 6.27. The zero-order valence-electron chi connectivity index (χ0n) is 11.9. The van der Waals surface area contributed by atoms with E-state index in [1.807, 2.05) is 7.05 Å². The Balaban J connectivity index is 2.74. The molecule has 0 saturated heterocycles. The highest BCUT2D eigenvalue weighted by atomic mass is 16.5. The van der Waals surface area contributed by atoms with E-state index in [1.165, 1.54) is 0 Å². The zero-order valence-corrected chi connectivity index (χ0v) is 11.9. The fourth-order valence-corrected chi connectivity index (χ4v) is 1.77. The maximum atomic E-state index is 12.1. The van der Waals surface area contributed by atoms with Crippen molar-refractivity contribution in [2.45, 2.75) is 6.92 Å². The first kappa shape index (κ1) is 15.3. The van der Waals surface area contributed by atoms with Crippen LogP contribution in [0.3, 0.4) is 0 Å². The Morgan fingerprint density at radius 3 is 2.58 bits per heavy atom. The van der Waals surface area contributed by atoms with Crippen molar-refractivity contribution in [2.75, 3.05) is 34.4 Å². The van der Waals surface area contributed by atoms with Gasteiger partial charge in [0.1, 0.15) is 11.5 Å². The van der Waals surface area contributed by atoms with Gasteiger partial charge in [0.25, 0.3) is 5.91 Å². The van der Waals surface area contributed by atoms with Crippen LogP contribution < -0.4 is 20.1 Å². The quantitative estimate of drug-likeness (QED) is 0.781. The number of hydrogen-bond donors (Lipinski definition) is 2. The van der Waals surface area contributed by atoms with Crippen molar-refractivity contribution in [3.63, 3.8) is 0 Å². The highest BCUT2D eigenvalue weighted by Gasteiger charge is 2.14. The molecule has 0 spiro atoms. The second kappa shape index (κ2) is 7.63. The third-order valence-corrected chi connectivity index (χ3v) is 2.81. The molecule has 0 saturated carbocycles. The zero-order chi connectivity index (χ0) is 14.3. The van der Waals surface area contributed by atoms with Gasteiger partial charge in [-0.25, -0.2) is 0 Å². The van der Waals surface area contributed by atoms with Gasteiger partial charge in [0.15, 0.2) is 0 Å². The smallest absolute Gasteiger partial charge is 0.255 e. The fraction of sp³-hybridized carbons (Fsp3) is 0.500. The number of carbonyl (C=O) groups excluding carboxylic acids is 1. The van der Waals surface area contributed by atoms with Gasteiger partial charge in [0.05, 0.1) is 19.8 Å². The number of ether oxygens (including phenoxy) is 2. The van der Waals surface area contributed by atoms with E-state index < -0.39 is 0 Å². The molecule has 1 atom stereocenters. The third-order valence-electron chi connectivity index (χ3n) is 2.81. The molecule has 0 aliphatic carbocycles. The normalized spacial score (nSPS) is 11.8. The van der Waals surface area contributed by atoms with Crippen LogP contribution in [0.4, 0.5) is 0 Å². The average molecular weight is 266 g/mol. The van der Waals surface area contributed by atoms with E-state index in [0.717, 1.165) is 6.54 Å². The minimum Gasteiger partial charge on any atom is -0.497 e. The number of benzene rings is 1. The summed E-state index contributed by atoms with van der Waals surface area (Å²) >= 11 is 0. The van der Waals surface area contributed by atoms with E-state index in [-0.39, 0.29) is 5.91 Å². The molecule has 0 aliphatic heterocycles. The molecular weight excluding hydrogens is 244 g/mol. The average Bonchev–Trinajstić information content (AvgIpc) is 2.44. The van der Waals surface area contributed by atoms with E-state index in [2.05, 4.69) is 17.6 Å². The van der Waals surface area contributed by atoms with Crippen LogP contribution in [0, 0.1) is 5.92 Å². The SMILES string of the molecule is CNCC(C)CNC(=O)c1cc(OC)ccc1OC. The lowest BCUT2D eigenvalue weighted by Crippen LogP contribution is -2.32. The summed E-state index contributed by atoms with van der Waals surface area (Å²) in [5.41, 5.74) is 0.485. The van der Waals surface area contributed by atoms with Gasteiger partial charge in [-0.15, -0.1) is 0 Å². The molecule has 1 rings (SSSR count). The van der Waals surface area contributed by atoms with Gasteiger partial charge in [-0.2, -0.15) is 0 Å². The predicted octanol–water partition coefficient (Wildman–Crippen LogP) is 1.29. The lowest BCUT2D eigenvalue weighted by atomic mass is 10.1. The lowest BCUT2D eigenvalue weighted by Gasteiger charge is -2.14. The van der Waals surface area contributed by atoms with E-state index in [0.29, 0.717) is 29.5 Å². The van der Waals surface area contributed by atoms with Gasteiger partial charge >= 0.3 is 0 Å². The number of hydrogen-bond acceptors (Lipinski definition) is 4. The van der Waals surface area contributed by atoms with Crippen LogP contribution >= 0.6 is 0 Å². The predicted molar refractivity (Wildman–Crippen MR) is 75.0 cm³/mol. The standard InChI is InChI=1S/C14H22N2O3/c1-10(8-15-2)9-16-14(17)12-7-11(18-3)5-6-13(12)19-4/h5-7,10,15H,8-9H2,1-4H3,(H,16,17). The summed E-state index contributed by atoms with van der Waals surface area (Å²) in [4.78, 5) is 12.1. The molecule has 0 heterocycles. The first-order chi connectivity index (χ1) is 9.12. The van der Waals surface area contributed by atoms with Crippen LogP contribution in [-0.2, 0) is 0 Å². The monoisotopic (exact) mass is 266 g/mol. The Kier molecular flexibility index (Phi) is 6.15. The molecule has 1 aromatic rings. The molecule has 19 heavy (non-hydrogen) atoms. The summed E-state index contributed by atoms with van der Waals surface area (Å²) in [7, 11) is 5.00. The molecule has 106 valence electrons. The molecule has 0 radical (unpaired) electrons. The van der Waals surface area contributed by atoms with Crippen LogP contribution in [0.2, 0.25) is 0 Å². The maximum Gasteiger partial charge on any atom is 0.255 e. The summed E-state index contributed by atoms with van der Waals surface area (Å²) in [5, 5.41) is 5.97. The van der Waals surface area contributed by atoms with Crippen molar-refractivity contribution < 1.29 is 14.3 Å². The maximum absolute atomic E-state index is 12.1. The molecule has 1 unspecified atom stereocenters. The van der Waals surface area contributed by atoms with E-state index in [4.69, 9.17) is 9.47 Å². The van der Waals surface area contributed by atoms with E-state index in [9.17, 15) is 4.79 Å². The highest BCUT2D eigenvalue weighted by molar-refractivity contribution is 5.97. The van der Waals surface area contributed by atoms with Crippen LogP contribution in [0.15, 0.2) is 18.2 Å². The van der Waals surface area contributed by atoms with E-state index in [1.54, 1.807) is 32.4 Å². The van der Waals surface area contributed by atoms with Crippen molar-refractivity contribution in [3.05, 3.63) is 23.8 Å². The molecule has 5 heteroatoms. The van der Waals surface area contributed by atoms with Gasteiger partial charge in [0.2, 0.25) is 0 Å². The molecular formula is C14H22N2O3. The lowest BCUT2D eigenvalue weighted by molar-refractivity contribution is 0.0944. The Labute approximate surface area is 114 Å². The largest absolute Gasteiger partial charge is 0.497 e. The van der Waals surface area contributed by atoms with Crippen molar-refractivity contribution in [1.29, 1.82) is 0 Å². The number of carbonyl (C=O) groups is 1.